The summed E-state index contributed by atoms with van der Waals surface area (Å²) in [6, 6.07) is 7.01. The van der Waals surface area contributed by atoms with Crippen LogP contribution < -0.4 is 0 Å². The number of carbonyl (C=O) groups is 1. The van der Waals surface area contributed by atoms with Gasteiger partial charge in [0.1, 0.15) is 0 Å². The van der Waals surface area contributed by atoms with E-state index in [1.54, 1.807) is 24.3 Å². The van der Waals surface area contributed by atoms with Gasteiger partial charge in [0.15, 0.2) is 5.78 Å². The third-order valence-corrected chi connectivity index (χ3v) is 5.22. The van der Waals surface area contributed by atoms with Crippen molar-refractivity contribution < 1.29 is 4.79 Å². The molecule has 1 aromatic heterocycles. The second-order valence-electron chi connectivity index (χ2n) is 3.19. The topological polar surface area (TPSA) is 17.1 Å². The van der Waals surface area contributed by atoms with Gasteiger partial charge in [-0.15, -0.1) is 11.3 Å². The molecule has 6 heteroatoms. The van der Waals surface area contributed by atoms with Crippen LogP contribution in [-0.4, -0.2) is 5.78 Å². The van der Waals surface area contributed by atoms with Crippen molar-refractivity contribution in [3.63, 3.8) is 0 Å². The lowest BCUT2D eigenvalue weighted by molar-refractivity contribution is 0.103. The molecule has 17 heavy (non-hydrogen) atoms. The van der Waals surface area contributed by atoms with Crippen LogP contribution in [0.5, 0.6) is 0 Å². The predicted octanol–water partition coefficient (Wildman–Crippen LogP) is 5.92. The van der Waals surface area contributed by atoms with E-state index < -0.39 is 0 Å². The van der Waals surface area contributed by atoms with Crippen molar-refractivity contribution >= 4 is 76.5 Å². The van der Waals surface area contributed by atoms with Crippen LogP contribution in [0, 0.1) is 0 Å². The maximum absolute atomic E-state index is 12.3. The molecule has 2 rings (SSSR count). The highest BCUT2D eigenvalue weighted by molar-refractivity contribution is 9.12. The predicted molar refractivity (Wildman–Crippen MR) is 82.3 cm³/mol. The van der Waals surface area contributed by atoms with Gasteiger partial charge in [-0.3, -0.25) is 4.79 Å². The van der Waals surface area contributed by atoms with E-state index in [0.717, 1.165) is 12.0 Å². The zero-order valence-corrected chi connectivity index (χ0v) is 14.5. The van der Waals surface area contributed by atoms with Crippen LogP contribution in [0.2, 0.25) is 5.02 Å². The van der Waals surface area contributed by atoms with E-state index in [0.29, 0.717) is 16.1 Å². The van der Waals surface area contributed by atoms with Crippen molar-refractivity contribution in [3.05, 3.63) is 52.5 Å². The molecule has 0 amide bonds. The van der Waals surface area contributed by atoms with Crippen molar-refractivity contribution in [1.82, 2.24) is 0 Å². The van der Waals surface area contributed by atoms with E-state index >= 15 is 0 Å². The van der Waals surface area contributed by atoms with Gasteiger partial charge in [0.25, 0.3) is 0 Å². The second kappa shape index (κ2) is 5.53. The zero-order valence-electron chi connectivity index (χ0n) is 8.14. The second-order valence-corrected chi connectivity index (χ2v) is 8.26. The summed E-state index contributed by atoms with van der Waals surface area (Å²) in [6.07, 6.45) is 0. The van der Waals surface area contributed by atoms with Crippen LogP contribution >= 0.6 is 70.7 Å². The molecule has 88 valence electrons. The van der Waals surface area contributed by atoms with Crippen LogP contribution in [0.4, 0.5) is 0 Å². The molecule has 0 atom stereocenters. The number of halogens is 4. The molecule has 0 spiro atoms. The van der Waals surface area contributed by atoms with Gasteiger partial charge in [0, 0.05) is 15.6 Å². The molecule has 1 heterocycles. The summed E-state index contributed by atoms with van der Waals surface area (Å²) in [7, 11) is 0. The average Bonchev–Trinajstić information content (AvgIpc) is 2.57. The molecule has 0 fully saturated rings. The van der Waals surface area contributed by atoms with Crippen molar-refractivity contribution in [2.75, 3.05) is 0 Å². The number of rotatable bonds is 2. The summed E-state index contributed by atoms with van der Waals surface area (Å²) in [6.45, 7) is 0. The molecule has 0 saturated carbocycles. The van der Waals surface area contributed by atoms with E-state index in [1.807, 2.05) is 0 Å². The SMILES string of the molecule is O=C(c1ccc(Br)cc1Cl)c1cc(Br)sc1Br. The van der Waals surface area contributed by atoms with Gasteiger partial charge in [0.05, 0.1) is 12.6 Å². The Morgan fingerprint density at radius 2 is 1.82 bits per heavy atom. The Kier molecular flexibility index (Phi) is 4.47. The Bertz CT molecular complexity index is 594. The highest BCUT2D eigenvalue weighted by Gasteiger charge is 2.18. The Morgan fingerprint density at radius 3 is 2.35 bits per heavy atom. The van der Waals surface area contributed by atoms with Crippen LogP contribution in [0.25, 0.3) is 0 Å². The Hall–Kier alpha value is 0.320. The van der Waals surface area contributed by atoms with Crippen LogP contribution in [0.1, 0.15) is 15.9 Å². The normalized spacial score (nSPS) is 10.6. The lowest BCUT2D eigenvalue weighted by Gasteiger charge is -2.03. The lowest BCUT2D eigenvalue weighted by Crippen LogP contribution is -2.01. The minimum Gasteiger partial charge on any atom is -0.288 e. The summed E-state index contributed by atoms with van der Waals surface area (Å²) in [5.41, 5.74) is 1.12. The average molecular weight is 459 g/mol. The first-order chi connectivity index (χ1) is 7.99. The summed E-state index contributed by atoms with van der Waals surface area (Å²) < 4.78 is 2.55. The summed E-state index contributed by atoms with van der Waals surface area (Å²) in [5, 5.41) is 0.443. The van der Waals surface area contributed by atoms with Gasteiger partial charge in [0.2, 0.25) is 0 Å². The van der Waals surface area contributed by atoms with Crippen molar-refractivity contribution in [3.8, 4) is 0 Å². The molecule has 0 radical (unpaired) electrons. The molecule has 2 aromatic rings. The van der Waals surface area contributed by atoms with E-state index in [9.17, 15) is 4.79 Å². The number of ketones is 1. The maximum Gasteiger partial charge on any atom is 0.196 e. The Labute approximate surface area is 133 Å². The van der Waals surface area contributed by atoms with Gasteiger partial charge >= 0.3 is 0 Å². The number of thiophene rings is 1. The number of carbonyl (C=O) groups excluding carboxylic acids is 1. The highest BCUT2D eigenvalue weighted by Crippen LogP contribution is 2.34. The molecular formula is C11H4Br3ClOS. The summed E-state index contributed by atoms with van der Waals surface area (Å²) in [5.74, 6) is -0.0867. The van der Waals surface area contributed by atoms with Crippen molar-refractivity contribution in [2.24, 2.45) is 0 Å². The van der Waals surface area contributed by atoms with E-state index in [-0.39, 0.29) is 5.78 Å². The number of hydrogen-bond acceptors (Lipinski definition) is 2. The van der Waals surface area contributed by atoms with Gasteiger partial charge in [-0.1, -0.05) is 27.5 Å². The van der Waals surface area contributed by atoms with E-state index in [2.05, 4.69) is 47.8 Å². The minimum absolute atomic E-state index is 0.0867. The minimum atomic E-state index is -0.0867. The fraction of sp³-hybridized carbons (Fsp3) is 0. The Balaban J connectivity index is 2.47. The molecule has 0 aliphatic heterocycles. The van der Waals surface area contributed by atoms with E-state index in [4.69, 9.17) is 11.6 Å². The summed E-state index contributed by atoms with van der Waals surface area (Å²) in [4.78, 5) is 12.3. The van der Waals surface area contributed by atoms with Crippen molar-refractivity contribution in [2.45, 2.75) is 0 Å². The van der Waals surface area contributed by atoms with Crippen LogP contribution in [0.3, 0.4) is 0 Å². The molecule has 1 nitrogen and oxygen atoms in total. The third kappa shape index (κ3) is 3.01. The van der Waals surface area contributed by atoms with Crippen LogP contribution in [-0.2, 0) is 0 Å². The number of benzene rings is 1. The molecule has 0 unspecified atom stereocenters. The third-order valence-electron chi connectivity index (χ3n) is 2.08. The number of hydrogen-bond donors (Lipinski definition) is 0. The molecule has 0 saturated heterocycles. The fourth-order valence-electron chi connectivity index (χ4n) is 1.31. The molecule has 0 aliphatic rings. The maximum atomic E-state index is 12.3. The first-order valence-corrected chi connectivity index (χ1v) is 8.01. The zero-order chi connectivity index (χ0) is 12.6. The molecule has 1 aromatic carbocycles. The first-order valence-electron chi connectivity index (χ1n) is 4.43. The molecular weight excluding hydrogens is 455 g/mol. The lowest BCUT2D eigenvalue weighted by atomic mass is 10.1. The summed E-state index contributed by atoms with van der Waals surface area (Å²) >= 11 is 17.5. The van der Waals surface area contributed by atoms with Gasteiger partial charge in [-0.2, -0.15) is 0 Å². The molecule has 0 aliphatic carbocycles. The smallest absolute Gasteiger partial charge is 0.196 e. The van der Waals surface area contributed by atoms with Gasteiger partial charge in [-0.25, -0.2) is 0 Å². The highest BCUT2D eigenvalue weighted by atomic mass is 79.9. The van der Waals surface area contributed by atoms with Gasteiger partial charge < -0.3 is 0 Å². The van der Waals surface area contributed by atoms with Gasteiger partial charge in [-0.05, 0) is 56.1 Å². The van der Waals surface area contributed by atoms with Crippen LogP contribution in [0.15, 0.2) is 36.3 Å². The Morgan fingerprint density at radius 1 is 1.12 bits per heavy atom. The fourth-order valence-corrected chi connectivity index (χ4v) is 4.87. The molecule has 0 N–H and O–H groups in total. The first kappa shape index (κ1) is 13.7. The van der Waals surface area contributed by atoms with E-state index in [1.165, 1.54) is 11.3 Å². The quantitative estimate of drug-likeness (QED) is 0.510. The standard InChI is InChI=1S/C11H4Br3ClOS/c12-5-1-2-6(8(15)3-5)10(16)7-4-9(13)17-11(7)14/h1-4H. The van der Waals surface area contributed by atoms with Crippen molar-refractivity contribution in [1.29, 1.82) is 0 Å². The molecule has 0 bridgehead atoms. The monoisotopic (exact) mass is 456 g/mol. The largest absolute Gasteiger partial charge is 0.288 e.